The summed E-state index contributed by atoms with van der Waals surface area (Å²) >= 11 is 1.42. The van der Waals surface area contributed by atoms with Crippen molar-refractivity contribution in [1.82, 2.24) is 20.5 Å². The number of nitrogens with one attached hydrogen (secondary N) is 3. The first-order chi connectivity index (χ1) is 11.7. The second-order valence-corrected chi connectivity index (χ2v) is 6.72. The molecule has 1 aromatic heterocycles. The lowest BCUT2D eigenvalue weighted by molar-refractivity contribution is -0.119. The summed E-state index contributed by atoms with van der Waals surface area (Å²) in [5.41, 5.74) is 1.03. The Hall–Kier alpha value is -2.19. The number of aromatic amines is 1. The first kappa shape index (κ1) is 16.7. The van der Waals surface area contributed by atoms with E-state index < -0.39 is 0 Å². The highest BCUT2D eigenvalue weighted by molar-refractivity contribution is 7.99. The largest absolute Gasteiger partial charge is 0.325 e. The van der Waals surface area contributed by atoms with Gasteiger partial charge in [0.1, 0.15) is 0 Å². The molecule has 0 unspecified atom stereocenters. The average molecular weight is 345 g/mol. The van der Waals surface area contributed by atoms with Crippen LogP contribution in [0.2, 0.25) is 0 Å². The lowest BCUT2D eigenvalue weighted by Crippen LogP contribution is -2.25. The van der Waals surface area contributed by atoms with E-state index >= 15 is 0 Å². The van der Waals surface area contributed by atoms with Crippen LogP contribution in [0.3, 0.4) is 0 Å². The number of thioether (sulfide) groups is 1. The van der Waals surface area contributed by atoms with Crippen molar-refractivity contribution in [2.24, 2.45) is 5.92 Å². The molecule has 0 aliphatic carbocycles. The number of benzene rings is 1. The topological polar surface area (TPSA) is 99.8 Å². The Morgan fingerprint density at radius 2 is 2.21 bits per heavy atom. The van der Waals surface area contributed by atoms with Crippen molar-refractivity contribution in [3.8, 4) is 11.3 Å². The molecule has 1 saturated heterocycles. The van der Waals surface area contributed by atoms with E-state index in [4.69, 9.17) is 0 Å². The standard InChI is InChI=1S/C16H19N5O2S/c1-2-24-16-19-15(23)13(20-21-16)11-5-3-4-6-12(11)18-14(22)10-7-8-17-9-10/h3-6,10,17H,2,7-9H2,1H3,(H,18,22)(H,19,21,23)/t10-/m1/s1. The van der Waals surface area contributed by atoms with Crippen molar-refractivity contribution in [3.05, 3.63) is 34.6 Å². The van der Waals surface area contributed by atoms with Gasteiger partial charge in [0.2, 0.25) is 5.91 Å². The molecule has 0 bridgehead atoms. The van der Waals surface area contributed by atoms with Crippen LogP contribution in [0.1, 0.15) is 13.3 Å². The van der Waals surface area contributed by atoms with Gasteiger partial charge in [0.15, 0.2) is 10.9 Å². The first-order valence-electron chi connectivity index (χ1n) is 7.89. The van der Waals surface area contributed by atoms with E-state index in [1.165, 1.54) is 11.8 Å². The van der Waals surface area contributed by atoms with Gasteiger partial charge in [-0.1, -0.05) is 36.9 Å². The molecular weight excluding hydrogens is 326 g/mol. The highest BCUT2D eigenvalue weighted by Gasteiger charge is 2.23. The van der Waals surface area contributed by atoms with Crippen LogP contribution in [-0.2, 0) is 4.79 Å². The molecule has 126 valence electrons. The van der Waals surface area contributed by atoms with Gasteiger partial charge in [-0.3, -0.25) is 14.6 Å². The van der Waals surface area contributed by atoms with Crippen LogP contribution >= 0.6 is 11.8 Å². The number of hydrogen-bond acceptors (Lipinski definition) is 6. The van der Waals surface area contributed by atoms with Gasteiger partial charge in [0.25, 0.3) is 5.56 Å². The molecule has 0 spiro atoms. The Bertz CT molecular complexity index is 786. The molecule has 0 radical (unpaired) electrons. The van der Waals surface area contributed by atoms with E-state index in [0.29, 0.717) is 23.0 Å². The average Bonchev–Trinajstić information content (AvgIpc) is 3.11. The fourth-order valence-corrected chi connectivity index (χ4v) is 3.15. The number of hydrogen-bond donors (Lipinski definition) is 3. The number of para-hydroxylation sites is 1. The lowest BCUT2D eigenvalue weighted by atomic mass is 10.1. The van der Waals surface area contributed by atoms with Gasteiger partial charge in [0.05, 0.1) is 11.6 Å². The summed E-state index contributed by atoms with van der Waals surface area (Å²) in [6, 6.07) is 7.15. The third-order valence-electron chi connectivity index (χ3n) is 3.83. The molecule has 1 atom stereocenters. The van der Waals surface area contributed by atoms with Crippen LogP contribution < -0.4 is 16.2 Å². The minimum Gasteiger partial charge on any atom is -0.325 e. The van der Waals surface area contributed by atoms with Gasteiger partial charge in [-0.25, -0.2) is 0 Å². The van der Waals surface area contributed by atoms with Crippen molar-refractivity contribution in [2.45, 2.75) is 18.5 Å². The lowest BCUT2D eigenvalue weighted by Gasteiger charge is -2.13. The SMILES string of the molecule is CCSc1nnc(-c2ccccc2NC(=O)[C@@H]2CCNC2)c(=O)[nH]1. The van der Waals surface area contributed by atoms with E-state index in [0.717, 1.165) is 18.7 Å². The summed E-state index contributed by atoms with van der Waals surface area (Å²) in [7, 11) is 0. The van der Waals surface area contributed by atoms with Crippen LogP contribution in [0.25, 0.3) is 11.3 Å². The number of amides is 1. The van der Waals surface area contributed by atoms with E-state index in [1.807, 2.05) is 13.0 Å². The third kappa shape index (κ3) is 3.65. The maximum Gasteiger partial charge on any atom is 0.278 e. The molecule has 1 aliphatic rings. The van der Waals surface area contributed by atoms with Crippen molar-refractivity contribution in [1.29, 1.82) is 0 Å². The zero-order valence-corrected chi connectivity index (χ0v) is 14.2. The maximum atomic E-state index is 12.3. The molecule has 8 heteroatoms. The fourth-order valence-electron chi connectivity index (χ4n) is 2.61. The minimum atomic E-state index is -0.315. The van der Waals surface area contributed by atoms with Gasteiger partial charge in [0, 0.05) is 12.1 Å². The summed E-state index contributed by atoms with van der Waals surface area (Å²) in [6.45, 7) is 3.50. The van der Waals surface area contributed by atoms with E-state index in [-0.39, 0.29) is 23.1 Å². The Balaban J connectivity index is 1.89. The summed E-state index contributed by atoms with van der Waals surface area (Å²) in [4.78, 5) is 27.4. The van der Waals surface area contributed by atoms with E-state index in [1.54, 1.807) is 18.2 Å². The molecule has 2 heterocycles. The van der Waals surface area contributed by atoms with Gasteiger partial charge >= 0.3 is 0 Å². The molecular formula is C16H19N5O2S. The minimum absolute atomic E-state index is 0.0463. The molecule has 2 aromatic rings. The quantitative estimate of drug-likeness (QED) is 0.710. The summed E-state index contributed by atoms with van der Waals surface area (Å²) in [5, 5.41) is 14.7. The monoisotopic (exact) mass is 345 g/mol. The first-order valence-corrected chi connectivity index (χ1v) is 8.88. The van der Waals surface area contributed by atoms with Crippen LogP contribution in [0.15, 0.2) is 34.2 Å². The van der Waals surface area contributed by atoms with Crippen LogP contribution in [0.4, 0.5) is 5.69 Å². The molecule has 1 aromatic carbocycles. The summed E-state index contributed by atoms with van der Waals surface area (Å²) in [5.74, 6) is 0.701. The second-order valence-electron chi connectivity index (χ2n) is 5.47. The number of carbonyl (C=O) groups is 1. The predicted molar refractivity (Wildman–Crippen MR) is 94.1 cm³/mol. The molecule has 0 saturated carbocycles. The Kier molecular flexibility index (Phi) is 5.27. The Morgan fingerprint density at radius 3 is 2.92 bits per heavy atom. The number of nitrogens with zero attached hydrogens (tertiary/aromatic N) is 2. The zero-order valence-electron chi connectivity index (χ0n) is 13.3. The number of rotatable bonds is 5. The van der Waals surface area contributed by atoms with Crippen LogP contribution in [0, 0.1) is 5.92 Å². The van der Waals surface area contributed by atoms with E-state index in [2.05, 4.69) is 25.8 Å². The number of anilines is 1. The van der Waals surface area contributed by atoms with Crippen molar-refractivity contribution >= 4 is 23.4 Å². The fraction of sp³-hybridized carbons (Fsp3) is 0.375. The molecule has 3 rings (SSSR count). The highest BCUT2D eigenvalue weighted by atomic mass is 32.2. The number of H-pyrrole nitrogens is 1. The van der Waals surface area contributed by atoms with Gasteiger partial charge < -0.3 is 10.6 Å². The molecule has 7 nitrogen and oxygen atoms in total. The van der Waals surface area contributed by atoms with Crippen molar-refractivity contribution < 1.29 is 4.79 Å². The zero-order chi connectivity index (χ0) is 16.9. The normalized spacial score (nSPS) is 17.0. The molecule has 1 aliphatic heterocycles. The van der Waals surface area contributed by atoms with Gasteiger partial charge in [-0.05, 0) is 24.8 Å². The van der Waals surface area contributed by atoms with Gasteiger partial charge in [-0.2, -0.15) is 0 Å². The molecule has 24 heavy (non-hydrogen) atoms. The van der Waals surface area contributed by atoms with Crippen LogP contribution in [-0.4, -0.2) is 39.9 Å². The summed E-state index contributed by atoms with van der Waals surface area (Å²) < 4.78 is 0. The number of aromatic nitrogens is 3. The predicted octanol–water partition coefficient (Wildman–Crippen LogP) is 1.49. The Labute approximate surface area is 143 Å². The maximum absolute atomic E-state index is 12.3. The summed E-state index contributed by atoms with van der Waals surface area (Å²) in [6.07, 6.45) is 0.817. The molecule has 1 amide bonds. The molecule has 1 fully saturated rings. The van der Waals surface area contributed by atoms with E-state index in [9.17, 15) is 9.59 Å². The van der Waals surface area contributed by atoms with Crippen molar-refractivity contribution in [3.63, 3.8) is 0 Å². The van der Waals surface area contributed by atoms with Crippen LogP contribution in [0.5, 0.6) is 0 Å². The molecule has 3 N–H and O–H groups in total. The number of carbonyl (C=O) groups excluding carboxylic acids is 1. The second kappa shape index (κ2) is 7.59. The third-order valence-corrected chi connectivity index (χ3v) is 4.57. The van der Waals surface area contributed by atoms with Gasteiger partial charge in [-0.15, -0.1) is 10.2 Å². The Morgan fingerprint density at radius 1 is 1.38 bits per heavy atom. The van der Waals surface area contributed by atoms with Crippen molar-refractivity contribution in [2.75, 3.05) is 24.2 Å². The highest BCUT2D eigenvalue weighted by Crippen LogP contribution is 2.25. The smallest absolute Gasteiger partial charge is 0.278 e.